The molecule has 124 valence electrons. The number of guanidine groups is 1. The Bertz CT molecular complexity index is 298. The standard InChI is InChI=1S/C15H33N5O/c1-16-15(18-12-14-6-9-20(3)13-14)17-7-10-19(2)8-5-11-21-4/h14H,5-13H2,1-4H3,(H2,16,17,18). The molecule has 6 heteroatoms. The summed E-state index contributed by atoms with van der Waals surface area (Å²) in [6, 6.07) is 0. The molecule has 0 aromatic rings. The van der Waals surface area contributed by atoms with Crippen LogP contribution in [0.1, 0.15) is 12.8 Å². The van der Waals surface area contributed by atoms with Crippen molar-refractivity contribution in [3.05, 3.63) is 0 Å². The third-order valence-corrected chi connectivity index (χ3v) is 3.94. The minimum absolute atomic E-state index is 0.741. The van der Waals surface area contributed by atoms with Crippen molar-refractivity contribution < 1.29 is 4.74 Å². The Hall–Kier alpha value is -0.850. The summed E-state index contributed by atoms with van der Waals surface area (Å²) in [6.07, 6.45) is 2.36. The van der Waals surface area contributed by atoms with Crippen molar-refractivity contribution >= 4 is 5.96 Å². The van der Waals surface area contributed by atoms with Crippen LogP contribution in [0.4, 0.5) is 0 Å². The maximum absolute atomic E-state index is 5.07. The van der Waals surface area contributed by atoms with Crippen LogP contribution in [-0.4, -0.2) is 89.9 Å². The third-order valence-electron chi connectivity index (χ3n) is 3.94. The van der Waals surface area contributed by atoms with Crippen LogP contribution in [0.3, 0.4) is 0 Å². The number of likely N-dealkylation sites (N-methyl/N-ethyl adjacent to an activating group) is 1. The van der Waals surface area contributed by atoms with Gasteiger partial charge >= 0.3 is 0 Å². The summed E-state index contributed by atoms with van der Waals surface area (Å²) in [4.78, 5) is 8.98. The second kappa shape index (κ2) is 10.8. The topological polar surface area (TPSA) is 52.1 Å². The fourth-order valence-corrected chi connectivity index (χ4v) is 2.61. The van der Waals surface area contributed by atoms with Gasteiger partial charge in [0, 0.05) is 53.5 Å². The Kier molecular flexibility index (Phi) is 9.37. The number of methoxy groups -OCH3 is 1. The largest absolute Gasteiger partial charge is 0.385 e. The molecule has 0 aromatic heterocycles. The number of nitrogens with one attached hydrogen (secondary N) is 2. The van der Waals surface area contributed by atoms with Crippen molar-refractivity contribution in [2.24, 2.45) is 10.9 Å². The predicted molar refractivity (Wildman–Crippen MR) is 89.0 cm³/mol. The van der Waals surface area contributed by atoms with Gasteiger partial charge in [0.15, 0.2) is 5.96 Å². The lowest BCUT2D eigenvalue weighted by molar-refractivity contribution is 0.180. The molecule has 21 heavy (non-hydrogen) atoms. The van der Waals surface area contributed by atoms with Crippen molar-refractivity contribution in [2.45, 2.75) is 12.8 Å². The van der Waals surface area contributed by atoms with Crippen LogP contribution in [0.25, 0.3) is 0 Å². The second-order valence-corrected chi connectivity index (χ2v) is 5.95. The van der Waals surface area contributed by atoms with Crippen LogP contribution >= 0.6 is 0 Å². The van der Waals surface area contributed by atoms with Crippen molar-refractivity contribution in [1.82, 2.24) is 20.4 Å². The number of nitrogens with zero attached hydrogens (tertiary/aromatic N) is 3. The highest BCUT2D eigenvalue weighted by molar-refractivity contribution is 5.79. The summed E-state index contributed by atoms with van der Waals surface area (Å²) in [5.74, 6) is 1.65. The van der Waals surface area contributed by atoms with E-state index in [9.17, 15) is 0 Å². The highest BCUT2D eigenvalue weighted by Crippen LogP contribution is 2.12. The number of rotatable bonds is 9. The molecule has 1 aliphatic rings. The predicted octanol–water partition coefficient (Wildman–Crippen LogP) is 0.0714. The van der Waals surface area contributed by atoms with Crippen molar-refractivity contribution in [2.75, 3.05) is 74.1 Å². The normalized spacial score (nSPS) is 20.2. The van der Waals surface area contributed by atoms with Crippen LogP contribution < -0.4 is 10.6 Å². The van der Waals surface area contributed by atoms with Gasteiger partial charge in [-0.3, -0.25) is 4.99 Å². The SMILES string of the molecule is CN=C(NCCN(C)CCCOC)NCC1CCN(C)C1. The molecule has 1 rings (SSSR count). The van der Waals surface area contributed by atoms with E-state index >= 15 is 0 Å². The zero-order chi connectivity index (χ0) is 15.5. The number of hydrogen-bond acceptors (Lipinski definition) is 4. The lowest BCUT2D eigenvalue weighted by Crippen LogP contribution is -2.43. The molecule has 0 spiro atoms. The molecular formula is C15H33N5O. The summed E-state index contributed by atoms with van der Waals surface area (Å²) in [6.45, 7) is 7.22. The first-order valence-electron chi connectivity index (χ1n) is 7.96. The molecule has 1 atom stereocenters. The van der Waals surface area contributed by atoms with E-state index in [4.69, 9.17) is 4.74 Å². The van der Waals surface area contributed by atoms with Crippen molar-refractivity contribution in [3.8, 4) is 0 Å². The molecule has 1 heterocycles. The molecule has 0 radical (unpaired) electrons. The Labute approximate surface area is 129 Å². The molecular weight excluding hydrogens is 266 g/mol. The fourth-order valence-electron chi connectivity index (χ4n) is 2.61. The van der Waals surface area contributed by atoms with Gasteiger partial charge in [0.1, 0.15) is 0 Å². The van der Waals surface area contributed by atoms with Crippen LogP contribution in [0.2, 0.25) is 0 Å². The quantitative estimate of drug-likeness (QED) is 0.358. The lowest BCUT2D eigenvalue weighted by Gasteiger charge is -2.19. The fraction of sp³-hybridized carbons (Fsp3) is 0.933. The van der Waals surface area contributed by atoms with Crippen molar-refractivity contribution in [3.63, 3.8) is 0 Å². The molecule has 1 saturated heterocycles. The first-order valence-corrected chi connectivity index (χ1v) is 7.96. The van der Waals surface area contributed by atoms with Gasteiger partial charge in [-0.1, -0.05) is 0 Å². The van der Waals surface area contributed by atoms with E-state index in [-0.39, 0.29) is 0 Å². The Balaban J connectivity index is 2.08. The Morgan fingerprint density at radius 1 is 1.38 bits per heavy atom. The maximum Gasteiger partial charge on any atom is 0.191 e. The van der Waals surface area contributed by atoms with Crippen LogP contribution in [0.15, 0.2) is 4.99 Å². The zero-order valence-electron chi connectivity index (χ0n) is 14.2. The van der Waals surface area contributed by atoms with E-state index in [1.807, 2.05) is 7.05 Å². The van der Waals surface area contributed by atoms with Gasteiger partial charge in [0.2, 0.25) is 0 Å². The average Bonchev–Trinajstić information content (AvgIpc) is 2.88. The van der Waals surface area contributed by atoms with Gasteiger partial charge < -0.3 is 25.2 Å². The van der Waals surface area contributed by atoms with E-state index < -0.39 is 0 Å². The molecule has 2 N–H and O–H groups in total. The summed E-state index contributed by atoms with van der Waals surface area (Å²) >= 11 is 0. The number of aliphatic imine (C=N–C) groups is 1. The molecule has 0 saturated carbocycles. The molecule has 0 amide bonds. The van der Waals surface area contributed by atoms with Gasteiger partial charge in [-0.15, -0.1) is 0 Å². The molecule has 1 aliphatic heterocycles. The molecule has 0 aromatic carbocycles. The van der Waals surface area contributed by atoms with Crippen LogP contribution in [-0.2, 0) is 4.74 Å². The molecule has 1 unspecified atom stereocenters. The van der Waals surface area contributed by atoms with Gasteiger partial charge in [-0.2, -0.15) is 0 Å². The summed E-state index contributed by atoms with van der Waals surface area (Å²) < 4.78 is 5.07. The Morgan fingerprint density at radius 3 is 2.81 bits per heavy atom. The van der Waals surface area contributed by atoms with Gasteiger partial charge in [-0.05, 0) is 39.4 Å². The van der Waals surface area contributed by atoms with Crippen LogP contribution in [0.5, 0.6) is 0 Å². The zero-order valence-corrected chi connectivity index (χ0v) is 14.2. The first kappa shape index (κ1) is 18.2. The Morgan fingerprint density at radius 2 is 2.19 bits per heavy atom. The average molecular weight is 299 g/mol. The smallest absolute Gasteiger partial charge is 0.191 e. The van der Waals surface area contributed by atoms with E-state index in [1.165, 1.54) is 19.5 Å². The monoisotopic (exact) mass is 299 g/mol. The van der Waals surface area contributed by atoms with Crippen molar-refractivity contribution in [1.29, 1.82) is 0 Å². The van der Waals surface area contributed by atoms with Gasteiger partial charge in [-0.25, -0.2) is 0 Å². The number of ether oxygens (including phenoxy) is 1. The molecule has 0 bridgehead atoms. The van der Waals surface area contributed by atoms with E-state index in [1.54, 1.807) is 7.11 Å². The number of hydrogen-bond donors (Lipinski definition) is 2. The lowest BCUT2D eigenvalue weighted by atomic mass is 10.1. The number of likely N-dealkylation sites (tertiary alicyclic amines) is 1. The van der Waals surface area contributed by atoms with Gasteiger partial charge in [0.05, 0.1) is 0 Å². The maximum atomic E-state index is 5.07. The van der Waals surface area contributed by atoms with Crippen LogP contribution in [0, 0.1) is 5.92 Å². The highest BCUT2D eigenvalue weighted by atomic mass is 16.5. The van der Waals surface area contributed by atoms with E-state index in [2.05, 4.69) is 39.5 Å². The summed E-state index contributed by atoms with van der Waals surface area (Å²) in [7, 11) is 7.91. The minimum atomic E-state index is 0.741. The van der Waals surface area contributed by atoms with Gasteiger partial charge in [0.25, 0.3) is 0 Å². The highest BCUT2D eigenvalue weighted by Gasteiger charge is 2.19. The molecule has 0 aliphatic carbocycles. The summed E-state index contributed by atoms with van der Waals surface area (Å²) in [5, 5.41) is 6.81. The molecule has 6 nitrogen and oxygen atoms in total. The first-order chi connectivity index (χ1) is 10.2. The second-order valence-electron chi connectivity index (χ2n) is 5.95. The molecule has 1 fully saturated rings. The minimum Gasteiger partial charge on any atom is -0.385 e. The van der Waals surface area contributed by atoms with E-state index in [0.717, 1.165) is 51.1 Å². The third kappa shape index (κ3) is 8.24. The van der Waals surface area contributed by atoms with E-state index in [0.29, 0.717) is 0 Å². The summed E-state index contributed by atoms with van der Waals surface area (Å²) in [5.41, 5.74) is 0.